The van der Waals surface area contributed by atoms with Gasteiger partial charge in [-0.2, -0.15) is 0 Å². The summed E-state index contributed by atoms with van der Waals surface area (Å²) in [6.07, 6.45) is 1.26. The Labute approximate surface area is 162 Å². The standard InChI is InChI=1S/C17H15ClN4O4S/c1-8-13-16(27-14(8)15(19)24)20-7-22(17(13)25)6-12(23)21-10-5-9(18)3-4-11(10)26-2/h3-5,7H,6H2,1-2H3,(H2,19,24)(H,21,23). The minimum absolute atomic E-state index is 0.265. The number of nitrogens with zero attached hydrogens (tertiary/aromatic N) is 2. The number of benzene rings is 1. The average Bonchev–Trinajstić information content (AvgIpc) is 2.95. The minimum Gasteiger partial charge on any atom is -0.495 e. The first-order valence-corrected chi connectivity index (χ1v) is 8.93. The van der Waals surface area contributed by atoms with E-state index in [0.717, 1.165) is 11.3 Å². The molecule has 3 N–H and O–H groups in total. The van der Waals surface area contributed by atoms with Crippen LogP contribution in [0.5, 0.6) is 5.75 Å². The topological polar surface area (TPSA) is 116 Å². The van der Waals surface area contributed by atoms with Crippen molar-refractivity contribution < 1.29 is 14.3 Å². The minimum atomic E-state index is -0.618. The predicted octanol–water partition coefficient (Wildman–Crippen LogP) is 2.17. The summed E-state index contributed by atoms with van der Waals surface area (Å²) in [5.74, 6) is -0.637. The Morgan fingerprint density at radius 3 is 2.81 bits per heavy atom. The number of aromatic nitrogens is 2. The Hall–Kier alpha value is -2.91. The van der Waals surface area contributed by atoms with Gasteiger partial charge in [-0.3, -0.25) is 19.0 Å². The number of aryl methyl sites for hydroxylation is 1. The fourth-order valence-electron chi connectivity index (χ4n) is 2.63. The number of hydrogen-bond acceptors (Lipinski definition) is 6. The second-order valence-corrected chi connectivity index (χ2v) is 7.11. The van der Waals surface area contributed by atoms with Crippen molar-refractivity contribution in [1.29, 1.82) is 0 Å². The maximum atomic E-state index is 12.7. The molecule has 27 heavy (non-hydrogen) atoms. The van der Waals surface area contributed by atoms with E-state index < -0.39 is 17.4 Å². The van der Waals surface area contributed by atoms with Crippen LogP contribution in [0.1, 0.15) is 15.2 Å². The number of amides is 2. The maximum Gasteiger partial charge on any atom is 0.262 e. The molecule has 2 amide bonds. The molecule has 0 bridgehead atoms. The second-order valence-electron chi connectivity index (χ2n) is 5.67. The number of carbonyl (C=O) groups is 2. The van der Waals surface area contributed by atoms with E-state index in [0.29, 0.717) is 26.9 Å². The number of methoxy groups -OCH3 is 1. The van der Waals surface area contributed by atoms with Crippen LogP contribution in [0.25, 0.3) is 10.2 Å². The van der Waals surface area contributed by atoms with Crippen LogP contribution in [0.2, 0.25) is 5.02 Å². The zero-order chi connectivity index (χ0) is 19.7. The van der Waals surface area contributed by atoms with Gasteiger partial charge in [0.05, 0.1) is 29.4 Å². The number of fused-ring (bicyclic) bond motifs is 1. The third-order valence-electron chi connectivity index (χ3n) is 3.89. The van der Waals surface area contributed by atoms with Crippen LogP contribution in [-0.2, 0) is 11.3 Å². The molecule has 10 heteroatoms. The van der Waals surface area contributed by atoms with Crippen molar-refractivity contribution in [3.63, 3.8) is 0 Å². The lowest BCUT2D eigenvalue weighted by Crippen LogP contribution is -2.28. The Morgan fingerprint density at radius 2 is 2.15 bits per heavy atom. The highest BCUT2D eigenvalue weighted by Crippen LogP contribution is 2.28. The number of halogens is 1. The van der Waals surface area contributed by atoms with E-state index in [1.54, 1.807) is 25.1 Å². The Balaban J connectivity index is 1.91. The molecule has 0 fully saturated rings. The van der Waals surface area contributed by atoms with Gasteiger partial charge >= 0.3 is 0 Å². The molecule has 1 aromatic carbocycles. The third-order valence-corrected chi connectivity index (χ3v) is 5.34. The Bertz CT molecular complexity index is 1120. The molecule has 0 spiro atoms. The van der Waals surface area contributed by atoms with Gasteiger partial charge in [-0.15, -0.1) is 11.3 Å². The monoisotopic (exact) mass is 406 g/mol. The van der Waals surface area contributed by atoms with Gasteiger partial charge in [0, 0.05) is 5.02 Å². The summed E-state index contributed by atoms with van der Waals surface area (Å²) in [6.45, 7) is 1.36. The zero-order valence-corrected chi connectivity index (χ0v) is 16.0. The number of anilines is 1. The summed E-state index contributed by atoms with van der Waals surface area (Å²) < 4.78 is 6.34. The number of rotatable bonds is 5. The summed E-state index contributed by atoms with van der Waals surface area (Å²) in [5, 5.41) is 3.37. The van der Waals surface area contributed by atoms with Crippen molar-refractivity contribution >= 4 is 50.7 Å². The van der Waals surface area contributed by atoms with E-state index in [9.17, 15) is 14.4 Å². The van der Waals surface area contributed by atoms with Crippen LogP contribution in [0.3, 0.4) is 0 Å². The Kier molecular flexibility index (Phi) is 5.15. The molecule has 0 aliphatic heterocycles. The molecule has 0 aliphatic carbocycles. The summed E-state index contributed by atoms with van der Waals surface area (Å²) >= 11 is 7.00. The highest BCUT2D eigenvalue weighted by molar-refractivity contribution is 7.20. The number of primary amides is 1. The summed E-state index contributed by atoms with van der Waals surface area (Å²) in [4.78, 5) is 41.4. The van der Waals surface area contributed by atoms with Gasteiger partial charge in [0.15, 0.2) is 0 Å². The summed E-state index contributed by atoms with van der Waals surface area (Å²) in [6, 6.07) is 4.80. The lowest BCUT2D eigenvalue weighted by atomic mass is 10.2. The fraction of sp³-hybridized carbons (Fsp3) is 0.176. The smallest absolute Gasteiger partial charge is 0.262 e. The van der Waals surface area contributed by atoms with Gasteiger partial charge in [-0.1, -0.05) is 11.6 Å². The van der Waals surface area contributed by atoms with E-state index in [2.05, 4.69) is 10.3 Å². The first-order chi connectivity index (χ1) is 12.8. The Morgan fingerprint density at radius 1 is 1.41 bits per heavy atom. The van der Waals surface area contributed by atoms with Crippen molar-refractivity contribution in [1.82, 2.24) is 9.55 Å². The molecular formula is C17H15ClN4O4S. The van der Waals surface area contributed by atoms with Crippen LogP contribution < -0.4 is 21.3 Å². The summed E-state index contributed by atoms with van der Waals surface area (Å²) in [5.41, 5.74) is 5.75. The van der Waals surface area contributed by atoms with Gasteiger partial charge in [0.1, 0.15) is 17.1 Å². The van der Waals surface area contributed by atoms with Crippen molar-refractivity contribution in [3.8, 4) is 5.75 Å². The van der Waals surface area contributed by atoms with Crippen molar-refractivity contribution in [2.45, 2.75) is 13.5 Å². The van der Waals surface area contributed by atoms with E-state index in [1.807, 2.05) is 0 Å². The molecule has 140 valence electrons. The van der Waals surface area contributed by atoms with Gasteiger partial charge in [0.2, 0.25) is 5.91 Å². The lowest BCUT2D eigenvalue weighted by molar-refractivity contribution is -0.116. The van der Waals surface area contributed by atoms with Crippen LogP contribution in [0.15, 0.2) is 29.3 Å². The molecular weight excluding hydrogens is 392 g/mol. The highest BCUT2D eigenvalue weighted by atomic mass is 35.5. The molecule has 3 rings (SSSR count). The summed E-state index contributed by atoms with van der Waals surface area (Å²) in [7, 11) is 1.47. The van der Waals surface area contributed by atoms with E-state index >= 15 is 0 Å². The molecule has 0 atom stereocenters. The molecule has 0 unspecified atom stereocenters. The van der Waals surface area contributed by atoms with Crippen LogP contribution in [0, 0.1) is 6.92 Å². The normalized spacial score (nSPS) is 10.8. The molecule has 0 saturated heterocycles. The number of thiophene rings is 1. The van der Waals surface area contributed by atoms with Crippen molar-refractivity contribution in [2.24, 2.45) is 5.73 Å². The van der Waals surface area contributed by atoms with Crippen molar-refractivity contribution in [3.05, 3.63) is 50.3 Å². The van der Waals surface area contributed by atoms with Gasteiger partial charge < -0.3 is 15.8 Å². The molecule has 8 nitrogen and oxygen atoms in total. The predicted molar refractivity (Wildman–Crippen MR) is 104 cm³/mol. The third kappa shape index (κ3) is 3.64. The van der Waals surface area contributed by atoms with E-state index in [1.165, 1.54) is 18.0 Å². The number of ether oxygens (including phenoxy) is 1. The quantitative estimate of drug-likeness (QED) is 0.673. The molecule has 3 aromatic rings. The largest absolute Gasteiger partial charge is 0.495 e. The van der Waals surface area contributed by atoms with Crippen LogP contribution in [0.4, 0.5) is 5.69 Å². The van der Waals surface area contributed by atoms with E-state index in [-0.39, 0.29) is 16.8 Å². The number of hydrogen-bond donors (Lipinski definition) is 2. The molecule has 0 saturated carbocycles. The zero-order valence-electron chi connectivity index (χ0n) is 14.4. The second kappa shape index (κ2) is 7.37. The lowest BCUT2D eigenvalue weighted by Gasteiger charge is -2.11. The fourth-order valence-corrected chi connectivity index (χ4v) is 3.79. The van der Waals surface area contributed by atoms with Gasteiger partial charge in [0.25, 0.3) is 11.5 Å². The molecule has 0 aliphatic rings. The van der Waals surface area contributed by atoms with Crippen LogP contribution in [-0.4, -0.2) is 28.5 Å². The first kappa shape index (κ1) is 18.9. The van der Waals surface area contributed by atoms with Gasteiger partial charge in [-0.25, -0.2) is 4.98 Å². The first-order valence-electron chi connectivity index (χ1n) is 7.73. The van der Waals surface area contributed by atoms with Gasteiger partial charge in [-0.05, 0) is 30.7 Å². The van der Waals surface area contributed by atoms with Crippen LogP contribution >= 0.6 is 22.9 Å². The SMILES string of the molecule is COc1ccc(Cl)cc1NC(=O)Cn1cnc2sc(C(N)=O)c(C)c2c1=O. The molecule has 2 aromatic heterocycles. The molecule has 0 radical (unpaired) electrons. The maximum absolute atomic E-state index is 12.7. The average molecular weight is 407 g/mol. The highest BCUT2D eigenvalue weighted by Gasteiger charge is 2.18. The number of nitrogens with one attached hydrogen (secondary N) is 1. The molecule has 2 heterocycles. The number of nitrogens with two attached hydrogens (primary N) is 1. The van der Waals surface area contributed by atoms with E-state index in [4.69, 9.17) is 22.1 Å². The number of carbonyl (C=O) groups excluding carboxylic acids is 2. The van der Waals surface area contributed by atoms with Crippen molar-refractivity contribution in [2.75, 3.05) is 12.4 Å².